The molecule has 0 aromatic carbocycles. The standard InChI is InChI=1S/C19H24N4O4/c1-13(2)20-17(24)15-14-5-3-4-8-23(14)16(21-15)18(25)22-9-6-19(7-10-22)26-11-12-27-19/h3-5,8,13H,6-7,9-12H2,1-2H3,(H,20,24). The summed E-state index contributed by atoms with van der Waals surface area (Å²) in [6, 6.07) is 5.43. The number of hydrogen-bond donors (Lipinski definition) is 1. The topological polar surface area (TPSA) is 85.2 Å². The van der Waals surface area contributed by atoms with Gasteiger partial charge in [-0.2, -0.15) is 0 Å². The van der Waals surface area contributed by atoms with E-state index in [1.807, 2.05) is 26.0 Å². The molecule has 2 aromatic rings. The molecule has 2 aliphatic heterocycles. The molecule has 2 amide bonds. The highest BCUT2D eigenvalue weighted by Gasteiger charge is 2.41. The number of rotatable bonds is 3. The normalized spacial score (nSPS) is 19.1. The highest BCUT2D eigenvalue weighted by atomic mass is 16.7. The van der Waals surface area contributed by atoms with Gasteiger partial charge in [0.1, 0.15) is 0 Å². The molecule has 1 N–H and O–H groups in total. The van der Waals surface area contributed by atoms with Crippen LogP contribution in [0.5, 0.6) is 0 Å². The fraction of sp³-hybridized carbons (Fsp3) is 0.526. The Morgan fingerprint density at radius 2 is 1.89 bits per heavy atom. The van der Waals surface area contributed by atoms with Crippen molar-refractivity contribution in [1.29, 1.82) is 0 Å². The fourth-order valence-electron chi connectivity index (χ4n) is 3.66. The van der Waals surface area contributed by atoms with Crippen LogP contribution in [0.25, 0.3) is 5.52 Å². The summed E-state index contributed by atoms with van der Waals surface area (Å²) in [5.74, 6) is -0.747. The number of piperidine rings is 1. The van der Waals surface area contributed by atoms with Gasteiger partial charge in [0.25, 0.3) is 11.8 Å². The molecule has 4 rings (SSSR count). The van der Waals surface area contributed by atoms with Gasteiger partial charge in [0.05, 0.1) is 18.7 Å². The zero-order valence-corrected chi connectivity index (χ0v) is 15.6. The largest absolute Gasteiger partial charge is 0.348 e. The predicted octanol–water partition coefficient (Wildman–Crippen LogP) is 1.45. The maximum Gasteiger partial charge on any atom is 0.290 e. The van der Waals surface area contributed by atoms with Crippen LogP contribution in [0.4, 0.5) is 0 Å². The van der Waals surface area contributed by atoms with Crippen molar-refractivity contribution in [2.45, 2.75) is 38.5 Å². The van der Waals surface area contributed by atoms with Crippen LogP contribution in [0.15, 0.2) is 24.4 Å². The number of ether oxygens (including phenoxy) is 2. The van der Waals surface area contributed by atoms with Crippen molar-refractivity contribution in [2.75, 3.05) is 26.3 Å². The van der Waals surface area contributed by atoms with Gasteiger partial charge in [-0.25, -0.2) is 4.98 Å². The lowest BCUT2D eigenvalue weighted by atomic mass is 10.0. The second-order valence-electron chi connectivity index (χ2n) is 7.27. The van der Waals surface area contributed by atoms with Crippen molar-refractivity contribution in [1.82, 2.24) is 19.6 Å². The molecule has 0 atom stereocenters. The summed E-state index contributed by atoms with van der Waals surface area (Å²) in [4.78, 5) is 31.8. The van der Waals surface area contributed by atoms with Crippen LogP contribution in [-0.4, -0.2) is 64.2 Å². The van der Waals surface area contributed by atoms with Gasteiger partial charge < -0.3 is 19.7 Å². The Morgan fingerprint density at radius 3 is 2.56 bits per heavy atom. The summed E-state index contributed by atoms with van der Waals surface area (Å²) < 4.78 is 13.1. The van der Waals surface area contributed by atoms with E-state index in [2.05, 4.69) is 10.3 Å². The minimum atomic E-state index is -0.534. The molecule has 0 unspecified atom stereocenters. The lowest BCUT2D eigenvalue weighted by Crippen LogP contribution is -2.47. The Bertz CT molecular complexity index is 860. The summed E-state index contributed by atoms with van der Waals surface area (Å²) in [6.07, 6.45) is 3.04. The third-order valence-electron chi connectivity index (χ3n) is 5.00. The number of nitrogens with zero attached hydrogens (tertiary/aromatic N) is 3. The molecule has 4 heterocycles. The molecule has 2 saturated heterocycles. The van der Waals surface area contributed by atoms with Crippen molar-refractivity contribution >= 4 is 17.3 Å². The molecule has 8 nitrogen and oxygen atoms in total. The number of aromatic nitrogens is 2. The summed E-state index contributed by atoms with van der Waals surface area (Å²) in [5.41, 5.74) is 0.888. The number of imidazole rings is 1. The van der Waals surface area contributed by atoms with Crippen LogP contribution >= 0.6 is 0 Å². The average Bonchev–Trinajstić information content (AvgIpc) is 3.26. The number of fused-ring (bicyclic) bond motifs is 1. The number of carbonyl (C=O) groups excluding carboxylic acids is 2. The molecule has 2 aliphatic rings. The Kier molecular flexibility index (Phi) is 4.61. The third-order valence-corrected chi connectivity index (χ3v) is 5.00. The van der Waals surface area contributed by atoms with E-state index in [-0.39, 0.29) is 29.4 Å². The number of carbonyl (C=O) groups is 2. The lowest BCUT2D eigenvalue weighted by molar-refractivity contribution is -0.181. The summed E-state index contributed by atoms with van der Waals surface area (Å²) in [7, 11) is 0. The molecular weight excluding hydrogens is 348 g/mol. The molecule has 1 spiro atoms. The van der Waals surface area contributed by atoms with Crippen molar-refractivity contribution in [3.8, 4) is 0 Å². The molecule has 2 aromatic heterocycles. The highest BCUT2D eigenvalue weighted by molar-refractivity contribution is 6.02. The summed E-state index contributed by atoms with van der Waals surface area (Å²) >= 11 is 0. The zero-order chi connectivity index (χ0) is 19.0. The first kappa shape index (κ1) is 17.9. The molecule has 0 radical (unpaired) electrons. The predicted molar refractivity (Wildman–Crippen MR) is 97.6 cm³/mol. The molecule has 2 fully saturated rings. The molecule has 0 bridgehead atoms. The summed E-state index contributed by atoms with van der Waals surface area (Å²) in [6.45, 7) is 6.06. The molecule has 0 aliphatic carbocycles. The Hall–Kier alpha value is -2.45. The first-order valence-electron chi connectivity index (χ1n) is 9.34. The van der Waals surface area contributed by atoms with Crippen LogP contribution in [-0.2, 0) is 9.47 Å². The van der Waals surface area contributed by atoms with Crippen molar-refractivity contribution < 1.29 is 19.1 Å². The maximum atomic E-state index is 13.1. The summed E-state index contributed by atoms with van der Waals surface area (Å²) in [5, 5.41) is 2.84. The van der Waals surface area contributed by atoms with E-state index in [1.54, 1.807) is 21.6 Å². The number of pyridine rings is 1. The second-order valence-corrected chi connectivity index (χ2v) is 7.27. The van der Waals surface area contributed by atoms with Crippen LogP contribution in [0.3, 0.4) is 0 Å². The minimum absolute atomic E-state index is 0.0122. The Morgan fingerprint density at radius 1 is 1.19 bits per heavy atom. The second kappa shape index (κ2) is 6.94. The maximum absolute atomic E-state index is 13.1. The molecule has 27 heavy (non-hydrogen) atoms. The van der Waals surface area contributed by atoms with E-state index in [0.29, 0.717) is 44.7 Å². The lowest BCUT2D eigenvalue weighted by Gasteiger charge is -2.37. The first-order chi connectivity index (χ1) is 13.0. The van der Waals surface area contributed by atoms with Gasteiger partial charge in [0.15, 0.2) is 11.5 Å². The molecule has 0 saturated carbocycles. The van der Waals surface area contributed by atoms with E-state index in [4.69, 9.17) is 9.47 Å². The van der Waals surface area contributed by atoms with Gasteiger partial charge in [-0.05, 0) is 26.0 Å². The van der Waals surface area contributed by atoms with E-state index in [9.17, 15) is 9.59 Å². The van der Waals surface area contributed by atoms with Gasteiger partial charge in [0.2, 0.25) is 5.82 Å². The van der Waals surface area contributed by atoms with Gasteiger partial charge in [-0.15, -0.1) is 0 Å². The van der Waals surface area contributed by atoms with E-state index >= 15 is 0 Å². The van der Waals surface area contributed by atoms with E-state index < -0.39 is 5.79 Å². The van der Waals surface area contributed by atoms with Crippen LogP contribution < -0.4 is 5.32 Å². The van der Waals surface area contributed by atoms with Gasteiger partial charge in [0, 0.05) is 38.2 Å². The smallest absolute Gasteiger partial charge is 0.290 e. The number of amides is 2. The monoisotopic (exact) mass is 372 g/mol. The molecule has 8 heteroatoms. The Balaban J connectivity index is 1.60. The number of likely N-dealkylation sites (tertiary alicyclic amines) is 1. The van der Waals surface area contributed by atoms with Crippen molar-refractivity contribution in [3.05, 3.63) is 35.9 Å². The van der Waals surface area contributed by atoms with Crippen molar-refractivity contribution in [2.24, 2.45) is 0 Å². The fourth-order valence-corrected chi connectivity index (χ4v) is 3.66. The molecule has 144 valence electrons. The highest BCUT2D eigenvalue weighted by Crippen LogP contribution is 2.31. The zero-order valence-electron chi connectivity index (χ0n) is 15.6. The van der Waals surface area contributed by atoms with Crippen LogP contribution in [0.1, 0.15) is 47.8 Å². The van der Waals surface area contributed by atoms with Gasteiger partial charge in [-0.3, -0.25) is 14.0 Å². The average molecular weight is 372 g/mol. The third kappa shape index (κ3) is 3.30. The van der Waals surface area contributed by atoms with Gasteiger partial charge in [-0.1, -0.05) is 6.07 Å². The van der Waals surface area contributed by atoms with Crippen molar-refractivity contribution in [3.63, 3.8) is 0 Å². The SMILES string of the molecule is CC(C)NC(=O)c1nc(C(=O)N2CCC3(CC2)OCCO3)n2ccccc12. The number of nitrogens with one attached hydrogen (secondary N) is 1. The van der Waals surface area contributed by atoms with E-state index in [1.165, 1.54) is 0 Å². The van der Waals surface area contributed by atoms with E-state index in [0.717, 1.165) is 0 Å². The molecular formula is C19H24N4O4. The Labute approximate surface area is 157 Å². The quantitative estimate of drug-likeness (QED) is 0.882. The van der Waals surface area contributed by atoms with Gasteiger partial charge >= 0.3 is 0 Å². The number of hydrogen-bond acceptors (Lipinski definition) is 5. The van der Waals surface area contributed by atoms with Crippen LogP contribution in [0, 0.1) is 0 Å². The first-order valence-corrected chi connectivity index (χ1v) is 9.34. The van der Waals surface area contributed by atoms with Crippen LogP contribution in [0.2, 0.25) is 0 Å². The minimum Gasteiger partial charge on any atom is -0.348 e.